The van der Waals surface area contributed by atoms with Gasteiger partial charge in [-0.2, -0.15) is 5.26 Å². The smallest absolute Gasteiger partial charge is 0.346 e. The van der Waals surface area contributed by atoms with Crippen LogP contribution in [0.3, 0.4) is 0 Å². The van der Waals surface area contributed by atoms with Crippen molar-refractivity contribution < 1.29 is 19.4 Å². The summed E-state index contributed by atoms with van der Waals surface area (Å²) >= 11 is 0. The van der Waals surface area contributed by atoms with Crippen molar-refractivity contribution in [2.24, 2.45) is 0 Å². The number of ether oxygens (including phenoxy) is 2. The maximum absolute atomic E-state index is 10.9. The Morgan fingerprint density at radius 1 is 1.63 bits per heavy atom. The largest absolute Gasteiger partial charge is 0.496 e. The quantitative estimate of drug-likeness (QED) is 0.663. The van der Waals surface area contributed by atoms with Crippen molar-refractivity contribution in [3.63, 3.8) is 0 Å². The molecule has 98 valence electrons. The van der Waals surface area contributed by atoms with Crippen LogP contribution in [0.15, 0.2) is 17.7 Å². The standard InChI is InChI=1S/C14H13NO4/c1-8-3-9-5-12(18-2)10(6-13(9)19-8)4-11(7-15)14(16)17/h4-6,8H,3H2,1-2H3,(H,16,17)/b11-4-/t8-/m1/s1. The molecule has 0 unspecified atom stereocenters. The predicted molar refractivity (Wildman–Crippen MR) is 68.0 cm³/mol. The van der Waals surface area contributed by atoms with E-state index in [1.807, 2.05) is 13.0 Å². The molecule has 0 amide bonds. The van der Waals surface area contributed by atoms with Crippen molar-refractivity contribution >= 4 is 12.0 Å². The van der Waals surface area contributed by atoms with Crippen LogP contribution >= 0.6 is 0 Å². The van der Waals surface area contributed by atoms with Crippen molar-refractivity contribution in [3.05, 3.63) is 28.8 Å². The molecular weight excluding hydrogens is 246 g/mol. The topological polar surface area (TPSA) is 79.5 Å². The number of carboxylic acids is 1. The summed E-state index contributed by atoms with van der Waals surface area (Å²) in [7, 11) is 1.51. The number of aliphatic carboxylic acids is 1. The Morgan fingerprint density at radius 2 is 2.37 bits per heavy atom. The van der Waals surface area contributed by atoms with Gasteiger partial charge in [-0.3, -0.25) is 0 Å². The van der Waals surface area contributed by atoms with E-state index in [0.29, 0.717) is 17.1 Å². The molecule has 0 radical (unpaired) electrons. The third kappa shape index (κ3) is 2.52. The summed E-state index contributed by atoms with van der Waals surface area (Å²) in [4.78, 5) is 10.9. The molecule has 0 bridgehead atoms. The van der Waals surface area contributed by atoms with Crippen LogP contribution in [0.25, 0.3) is 6.08 Å². The highest BCUT2D eigenvalue weighted by atomic mass is 16.5. The Hall–Kier alpha value is -2.48. The number of carboxylic acid groups (broad SMARTS) is 1. The Morgan fingerprint density at radius 3 is 2.95 bits per heavy atom. The lowest BCUT2D eigenvalue weighted by molar-refractivity contribution is -0.132. The van der Waals surface area contributed by atoms with Crippen LogP contribution in [0.1, 0.15) is 18.1 Å². The molecule has 0 saturated carbocycles. The Balaban J connectivity index is 2.50. The first-order valence-electron chi connectivity index (χ1n) is 5.77. The number of methoxy groups -OCH3 is 1. The lowest BCUT2D eigenvalue weighted by atomic mass is 10.0. The first kappa shape index (κ1) is 13.0. The number of rotatable bonds is 3. The van der Waals surface area contributed by atoms with Gasteiger partial charge >= 0.3 is 5.97 Å². The predicted octanol–water partition coefficient (Wildman–Crippen LogP) is 2.01. The molecular formula is C14H13NO4. The second-order valence-electron chi connectivity index (χ2n) is 4.31. The normalized spacial score (nSPS) is 17.3. The van der Waals surface area contributed by atoms with Crippen LogP contribution in [0.5, 0.6) is 11.5 Å². The number of carbonyl (C=O) groups is 1. The van der Waals surface area contributed by atoms with E-state index in [4.69, 9.17) is 19.8 Å². The van der Waals surface area contributed by atoms with E-state index in [1.165, 1.54) is 13.2 Å². The fourth-order valence-electron chi connectivity index (χ4n) is 2.04. The zero-order valence-electron chi connectivity index (χ0n) is 10.6. The van der Waals surface area contributed by atoms with E-state index in [9.17, 15) is 4.79 Å². The summed E-state index contributed by atoms with van der Waals surface area (Å²) in [5.41, 5.74) is 1.20. The van der Waals surface area contributed by atoms with Crippen molar-refractivity contribution in [2.45, 2.75) is 19.4 Å². The zero-order chi connectivity index (χ0) is 14.0. The lowest BCUT2D eigenvalue weighted by Gasteiger charge is -2.08. The molecule has 1 aliphatic heterocycles. The number of nitrogens with zero attached hydrogens (tertiary/aromatic N) is 1. The summed E-state index contributed by atoms with van der Waals surface area (Å²) in [6, 6.07) is 5.17. The average molecular weight is 259 g/mol. The third-order valence-corrected chi connectivity index (χ3v) is 2.90. The van der Waals surface area contributed by atoms with E-state index in [-0.39, 0.29) is 11.7 Å². The highest BCUT2D eigenvalue weighted by Crippen LogP contribution is 2.35. The van der Waals surface area contributed by atoms with Crippen LogP contribution in [0, 0.1) is 11.3 Å². The van der Waals surface area contributed by atoms with Gasteiger partial charge in [0, 0.05) is 17.5 Å². The number of hydrogen-bond donors (Lipinski definition) is 1. The molecule has 2 rings (SSSR count). The van der Waals surface area contributed by atoms with Crippen LogP contribution < -0.4 is 9.47 Å². The van der Waals surface area contributed by atoms with Gasteiger partial charge < -0.3 is 14.6 Å². The molecule has 5 heteroatoms. The minimum Gasteiger partial charge on any atom is -0.496 e. The fraction of sp³-hybridized carbons (Fsp3) is 0.286. The Labute approximate surface area is 110 Å². The summed E-state index contributed by atoms with van der Waals surface area (Å²) < 4.78 is 10.8. The van der Waals surface area contributed by atoms with Crippen LogP contribution in [0.4, 0.5) is 0 Å². The van der Waals surface area contributed by atoms with E-state index in [1.54, 1.807) is 12.1 Å². The van der Waals surface area contributed by atoms with Crippen molar-refractivity contribution in [2.75, 3.05) is 7.11 Å². The molecule has 0 fully saturated rings. The molecule has 1 atom stereocenters. The summed E-state index contributed by atoms with van der Waals surface area (Å²) in [5.74, 6) is -0.0213. The summed E-state index contributed by atoms with van der Waals surface area (Å²) in [6.45, 7) is 1.96. The Kier molecular flexibility index (Phi) is 3.43. The highest BCUT2D eigenvalue weighted by molar-refractivity contribution is 5.97. The van der Waals surface area contributed by atoms with Crippen LogP contribution in [-0.4, -0.2) is 24.3 Å². The molecule has 1 N–H and O–H groups in total. The molecule has 1 heterocycles. The molecule has 0 saturated heterocycles. The lowest BCUT2D eigenvalue weighted by Crippen LogP contribution is -2.05. The Bertz CT molecular complexity index is 598. The minimum absolute atomic E-state index is 0.0915. The molecule has 1 aromatic rings. The van der Waals surface area contributed by atoms with Gasteiger partial charge in [0.05, 0.1) is 7.11 Å². The molecule has 5 nitrogen and oxygen atoms in total. The van der Waals surface area contributed by atoms with Crippen molar-refractivity contribution in [3.8, 4) is 17.6 Å². The second kappa shape index (κ2) is 5.02. The first-order valence-corrected chi connectivity index (χ1v) is 5.77. The van der Waals surface area contributed by atoms with E-state index in [0.717, 1.165) is 12.0 Å². The maximum atomic E-state index is 10.9. The maximum Gasteiger partial charge on any atom is 0.346 e. The average Bonchev–Trinajstić information content (AvgIpc) is 2.73. The van der Waals surface area contributed by atoms with Gasteiger partial charge in [-0.05, 0) is 25.1 Å². The van der Waals surface area contributed by atoms with Gasteiger partial charge in [0.15, 0.2) is 0 Å². The van der Waals surface area contributed by atoms with Crippen molar-refractivity contribution in [1.82, 2.24) is 0 Å². The molecule has 19 heavy (non-hydrogen) atoms. The molecule has 0 aliphatic carbocycles. The molecule has 0 aromatic heterocycles. The van der Waals surface area contributed by atoms with E-state index >= 15 is 0 Å². The fourth-order valence-corrected chi connectivity index (χ4v) is 2.04. The molecule has 1 aliphatic rings. The van der Waals surface area contributed by atoms with E-state index in [2.05, 4.69) is 0 Å². The molecule has 0 spiro atoms. The SMILES string of the molecule is COc1cc2c(cc1/C=C(/C#N)C(=O)O)O[C@H](C)C2. The molecule has 1 aromatic carbocycles. The van der Waals surface area contributed by atoms with Gasteiger partial charge in [0.1, 0.15) is 29.2 Å². The second-order valence-corrected chi connectivity index (χ2v) is 4.31. The number of fused-ring (bicyclic) bond motifs is 1. The van der Waals surface area contributed by atoms with E-state index < -0.39 is 5.97 Å². The summed E-state index contributed by atoms with van der Waals surface area (Å²) in [5, 5.41) is 17.7. The van der Waals surface area contributed by atoms with Gasteiger partial charge in [-0.1, -0.05) is 0 Å². The monoisotopic (exact) mass is 259 g/mol. The van der Waals surface area contributed by atoms with Crippen LogP contribution in [0.2, 0.25) is 0 Å². The van der Waals surface area contributed by atoms with Crippen molar-refractivity contribution in [1.29, 1.82) is 5.26 Å². The number of nitriles is 1. The zero-order valence-corrected chi connectivity index (χ0v) is 10.6. The van der Waals surface area contributed by atoms with Gasteiger partial charge in [-0.25, -0.2) is 4.79 Å². The highest BCUT2D eigenvalue weighted by Gasteiger charge is 2.21. The van der Waals surface area contributed by atoms with Gasteiger partial charge in [0.2, 0.25) is 0 Å². The summed E-state index contributed by atoms with van der Waals surface area (Å²) in [6.07, 6.45) is 2.17. The van der Waals surface area contributed by atoms with Gasteiger partial charge in [-0.15, -0.1) is 0 Å². The number of benzene rings is 1. The van der Waals surface area contributed by atoms with Crippen LogP contribution in [-0.2, 0) is 11.2 Å². The van der Waals surface area contributed by atoms with Gasteiger partial charge in [0.25, 0.3) is 0 Å². The minimum atomic E-state index is -1.26. The first-order chi connectivity index (χ1) is 9.05. The number of hydrogen-bond acceptors (Lipinski definition) is 4. The third-order valence-electron chi connectivity index (χ3n) is 2.90.